The van der Waals surface area contributed by atoms with Crippen LogP contribution in [-0.2, 0) is 0 Å². The minimum atomic E-state index is -0.411. The van der Waals surface area contributed by atoms with Crippen molar-refractivity contribution in [3.05, 3.63) is 52.0 Å². The van der Waals surface area contributed by atoms with Gasteiger partial charge in [-0.15, -0.1) is 0 Å². The Morgan fingerprint density at radius 1 is 1.25 bits per heavy atom. The Hall–Kier alpha value is -1.85. The lowest BCUT2D eigenvalue weighted by Gasteiger charge is -2.08. The highest BCUT2D eigenvalue weighted by atomic mass is 35.5. The van der Waals surface area contributed by atoms with Crippen molar-refractivity contribution in [2.24, 2.45) is 0 Å². The second-order valence-electron chi connectivity index (χ2n) is 4.25. The first kappa shape index (κ1) is 13.1. The molecule has 0 saturated heterocycles. The number of nitrogens with zero attached hydrogens (tertiary/aromatic N) is 1. The molecule has 0 bridgehead atoms. The lowest BCUT2D eigenvalue weighted by atomic mass is 10.2. The summed E-state index contributed by atoms with van der Waals surface area (Å²) in [5.41, 5.74) is 2.42. The van der Waals surface area contributed by atoms with Gasteiger partial charge in [-0.3, -0.25) is 4.57 Å². The number of fused-ring (bicyclic) bond motifs is 1. The van der Waals surface area contributed by atoms with Gasteiger partial charge in [-0.05, 0) is 42.5 Å². The second-order valence-corrected chi connectivity index (χ2v) is 5.07. The number of benzene rings is 2. The van der Waals surface area contributed by atoms with Crippen LogP contribution < -0.4 is 4.74 Å². The van der Waals surface area contributed by atoms with E-state index in [1.807, 2.05) is 10.6 Å². The predicted molar refractivity (Wildman–Crippen MR) is 80.0 cm³/mol. The summed E-state index contributed by atoms with van der Waals surface area (Å²) in [7, 11) is 1.43. The van der Waals surface area contributed by atoms with Gasteiger partial charge >= 0.3 is 0 Å². The number of hydrogen-bond acceptors (Lipinski definition) is 2. The number of halogens is 2. The van der Waals surface area contributed by atoms with Crippen LogP contribution in [0.1, 0.15) is 0 Å². The highest BCUT2D eigenvalue weighted by molar-refractivity contribution is 7.71. The molecule has 2 aromatic carbocycles. The number of rotatable bonds is 2. The fraction of sp³-hybridized carbons (Fsp3) is 0.0714. The Bertz CT molecular complexity index is 856. The van der Waals surface area contributed by atoms with Crippen molar-refractivity contribution in [3.8, 4) is 11.4 Å². The Morgan fingerprint density at radius 3 is 2.80 bits per heavy atom. The number of hydrogen-bond donors (Lipinski definition) is 1. The van der Waals surface area contributed by atoms with E-state index in [-0.39, 0.29) is 5.75 Å². The largest absolute Gasteiger partial charge is 0.494 e. The fourth-order valence-corrected chi connectivity index (χ4v) is 2.61. The average Bonchev–Trinajstić information content (AvgIpc) is 2.74. The summed E-state index contributed by atoms with van der Waals surface area (Å²) in [4.78, 5) is 3.08. The van der Waals surface area contributed by atoms with Crippen molar-refractivity contribution < 1.29 is 9.13 Å². The first-order chi connectivity index (χ1) is 9.60. The number of ether oxygens (including phenoxy) is 1. The van der Waals surface area contributed by atoms with Gasteiger partial charge < -0.3 is 9.72 Å². The zero-order valence-corrected chi connectivity index (χ0v) is 12.1. The number of aromatic nitrogens is 2. The van der Waals surface area contributed by atoms with Gasteiger partial charge in [0, 0.05) is 11.1 Å². The zero-order valence-electron chi connectivity index (χ0n) is 10.5. The van der Waals surface area contributed by atoms with Gasteiger partial charge in [0.15, 0.2) is 16.3 Å². The first-order valence-corrected chi connectivity index (χ1v) is 6.63. The van der Waals surface area contributed by atoms with Crippen LogP contribution in [0.25, 0.3) is 16.7 Å². The number of nitrogens with one attached hydrogen (secondary N) is 1. The van der Waals surface area contributed by atoms with Crippen molar-refractivity contribution in [1.29, 1.82) is 0 Å². The molecule has 0 aliphatic carbocycles. The van der Waals surface area contributed by atoms with Crippen molar-refractivity contribution in [2.45, 2.75) is 0 Å². The Kier molecular flexibility index (Phi) is 3.23. The molecule has 6 heteroatoms. The minimum Gasteiger partial charge on any atom is -0.494 e. The number of methoxy groups -OCH3 is 1. The van der Waals surface area contributed by atoms with E-state index in [0.29, 0.717) is 9.79 Å². The summed E-state index contributed by atoms with van der Waals surface area (Å²) < 4.78 is 20.8. The summed E-state index contributed by atoms with van der Waals surface area (Å²) in [5, 5.41) is 0.623. The quantitative estimate of drug-likeness (QED) is 0.707. The van der Waals surface area contributed by atoms with Gasteiger partial charge in [0.2, 0.25) is 0 Å². The SMILES string of the molecule is COc1cc(-n2c(=S)[nH]c3cc(Cl)ccc32)ccc1F. The van der Waals surface area contributed by atoms with Crippen LogP contribution in [0.4, 0.5) is 4.39 Å². The van der Waals surface area contributed by atoms with Crippen molar-refractivity contribution >= 4 is 34.9 Å². The standard InChI is InChI=1S/C14H10ClFN2OS/c1-19-13-7-9(3-4-10(13)16)18-12-5-2-8(15)6-11(12)17-14(18)20/h2-7H,1H3,(H,17,20). The molecule has 3 aromatic rings. The Morgan fingerprint density at radius 2 is 2.05 bits per heavy atom. The molecule has 1 aromatic heterocycles. The van der Waals surface area contributed by atoms with E-state index >= 15 is 0 Å². The summed E-state index contributed by atoms with van der Waals surface area (Å²) in [6.07, 6.45) is 0. The molecule has 0 aliphatic rings. The Labute approximate surface area is 124 Å². The van der Waals surface area contributed by atoms with Gasteiger partial charge in [0.05, 0.1) is 23.8 Å². The molecular weight excluding hydrogens is 299 g/mol. The number of imidazole rings is 1. The fourth-order valence-electron chi connectivity index (χ4n) is 2.13. The van der Waals surface area contributed by atoms with E-state index < -0.39 is 5.82 Å². The molecule has 1 heterocycles. The number of aromatic amines is 1. The summed E-state index contributed by atoms with van der Waals surface area (Å²) in [6, 6.07) is 10.0. The molecule has 0 atom stereocenters. The number of H-pyrrole nitrogens is 1. The van der Waals surface area contributed by atoms with Crippen molar-refractivity contribution in [3.63, 3.8) is 0 Å². The molecule has 3 nitrogen and oxygen atoms in total. The Balaban J connectivity index is 2.29. The lowest BCUT2D eigenvalue weighted by Crippen LogP contribution is -1.96. The van der Waals surface area contributed by atoms with Crippen LogP contribution in [0.5, 0.6) is 5.75 Å². The lowest BCUT2D eigenvalue weighted by molar-refractivity contribution is 0.386. The molecule has 3 rings (SSSR count). The molecule has 0 fully saturated rings. The van der Waals surface area contributed by atoms with E-state index in [1.54, 1.807) is 24.3 Å². The molecule has 0 spiro atoms. The van der Waals surface area contributed by atoms with E-state index in [0.717, 1.165) is 16.7 Å². The molecule has 20 heavy (non-hydrogen) atoms. The second kappa shape index (κ2) is 4.92. The summed E-state index contributed by atoms with van der Waals surface area (Å²) in [6.45, 7) is 0. The van der Waals surface area contributed by atoms with Gasteiger partial charge in [0.25, 0.3) is 0 Å². The first-order valence-electron chi connectivity index (χ1n) is 5.84. The van der Waals surface area contributed by atoms with Gasteiger partial charge in [-0.25, -0.2) is 4.39 Å². The molecule has 0 radical (unpaired) electrons. The van der Waals surface area contributed by atoms with Gasteiger partial charge in [-0.1, -0.05) is 11.6 Å². The molecule has 1 N–H and O–H groups in total. The van der Waals surface area contributed by atoms with Gasteiger partial charge in [0.1, 0.15) is 0 Å². The van der Waals surface area contributed by atoms with Crippen LogP contribution in [0, 0.1) is 10.6 Å². The van der Waals surface area contributed by atoms with Crippen LogP contribution in [0.2, 0.25) is 5.02 Å². The smallest absolute Gasteiger partial charge is 0.182 e. The average molecular weight is 309 g/mol. The van der Waals surface area contributed by atoms with E-state index in [1.165, 1.54) is 13.2 Å². The van der Waals surface area contributed by atoms with Crippen molar-refractivity contribution in [1.82, 2.24) is 9.55 Å². The van der Waals surface area contributed by atoms with E-state index in [4.69, 9.17) is 28.6 Å². The van der Waals surface area contributed by atoms with E-state index in [9.17, 15) is 4.39 Å². The van der Waals surface area contributed by atoms with Gasteiger partial charge in [-0.2, -0.15) is 0 Å². The zero-order chi connectivity index (χ0) is 14.3. The van der Waals surface area contributed by atoms with Crippen LogP contribution in [-0.4, -0.2) is 16.7 Å². The van der Waals surface area contributed by atoms with Crippen molar-refractivity contribution in [2.75, 3.05) is 7.11 Å². The molecule has 0 amide bonds. The van der Waals surface area contributed by atoms with E-state index in [2.05, 4.69) is 4.98 Å². The molecule has 0 aliphatic heterocycles. The maximum absolute atomic E-state index is 13.5. The molecule has 0 unspecified atom stereocenters. The van der Waals surface area contributed by atoms with Crippen LogP contribution in [0.15, 0.2) is 36.4 Å². The maximum Gasteiger partial charge on any atom is 0.182 e. The summed E-state index contributed by atoms with van der Waals surface area (Å²) >= 11 is 11.3. The topological polar surface area (TPSA) is 29.9 Å². The third-order valence-electron chi connectivity index (χ3n) is 3.04. The highest BCUT2D eigenvalue weighted by Gasteiger charge is 2.10. The normalized spacial score (nSPS) is 10.9. The molecule has 102 valence electrons. The summed E-state index contributed by atoms with van der Waals surface area (Å²) in [5.74, 6) is -0.238. The third kappa shape index (κ3) is 2.09. The van der Waals surface area contributed by atoms with Crippen LogP contribution in [0.3, 0.4) is 0 Å². The minimum absolute atomic E-state index is 0.174. The molecule has 0 saturated carbocycles. The highest BCUT2D eigenvalue weighted by Crippen LogP contribution is 2.26. The maximum atomic E-state index is 13.5. The monoisotopic (exact) mass is 308 g/mol. The molecular formula is C14H10ClFN2OS. The predicted octanol–water partition coefficient (Wildman–Crippen LogP) is 4.49. The third-order valence-corrected chi connectivity index (χ3v) is 3.56. The van der Waals surface area contributed by atoms with Crippen LogP contribution >= 0.6 is 23.8 Å².